The summed E-state index contributed by atoms with van der Waals surface area (Å²) in [5.74, 6) is -0.228. The molecule has 2 heterocycles. The Balaban J connectivity index is 2.18. The van der Waals surface area contributed by atoms with E-state index in [9.17, 15) is 4.39 Å². The average molecular weight is 310 g/mol. The number of aromatic amines is 2. The molecule has 2 aromatic heterocycles. The first kappa shape index (κ1) is 15.6. The first-order valence-electron chi connectivity index (χ1n) is 8.17. The summed E-state index contributed by atoms with van der Waals surface area (Å²) in [6, 6.07) is 4.79. The lowest BCUT2D eigenvalue weighted by molar-refractivity contribution is 0.629. The van der Waals surface area contributed by atoms with Crippen LogP contribution in [-0.2, 0) is 6.42 Å². The fourth-order valence-electron chi connectivity index (χ4n) is 3.24. The van der Waals surface area contributed by atoms with E-state index in [4.69, 9.17) is 0 Å². The van der Waals surface area contributed by atoms with Gasteiger partial charge in [0.1, 0.15) is 5.82 Å². The smallest absolute Gasteiger partial charge is 0.123 e. The first-order chi connectivity index (χ1) is 11.0. The van der Waals surface area contributed by atoms with Crippen LogP contribution in [0.3, 0.4) is 0 Å². The summed E-state index contributed by atoms with van der Waals surface area (Å²) in [5.41, 5.74) is 5.90. The number of nitrogens with one attached hydrogen (secondary N) is 2. The van der Waals surface area contributed by atoms with E-state index in [-0.39, 0.29) is 5.82 Å². The van der Waals surface area contributed by atoms with Gasteiger partial charge >= 0.3 is 0 Å². The zero-order chi connectivity index (χ0) is 16.6. The van der Waals surface area contributed by atoms with Crippen molar-refractivity contribution in [3.63, 3.8) is 0 Å². The van der Waals surface area contributed by atoms with Gasteiger partial charge in [-0.05, 0) is 62.1 Å². The molecule has 0 spiro atoms. The van der Waals surface area contributed by atoms with Gasteiger partial charge in [0.05, 0.1) is 0 Å². The lowest BCUT2D eigenvalue weighted by Crippen LogP contribution is -2.21. The summed E-state index contributed by atoms with van der Waals surface area (Å²) < 4.78 is 13.6. The molecule has 2 N–H and O–H groups in total. The van der Waals surface area contributed by atoms with Gasteiger partial charge in [-0.2, -0.15) is 0 Å². The highest BCUT2D eigenvalue weighted by atomic mass is 19.1. The Morgan fingerprint density at radius 3 is 2.74 bits per heavy atom. The molecule has 2 nitrogen and oxygen atoms in total. The van der Waals surface area contributed by atoms with Crippen LogP contribution < -0.4 is 10.6 Å². The van der Waals surface area contributed by atoms with Gasteiger partial charge in [-0.25, -0.2) is 4.39 Å². The van der Waals surface area contributed by atoms with Crippen LogP contribution in [0.2, 0.25) is 0 Å². The molecule has 120 valence electrons. The predicted octanol–water partition coefficient (Wildman–Crippen LogP) is 3.83. The van der Waals surface area contributed by atoms with Crippen LogP contribution in [0.4, 0.5) is 4.39 Å². The number of benzene rings is 1. The van der Waals surface area contributed by atoms with Crippen molar-refractivity contribution in [1.29, 1.82) is 0 Å². The lowest BCUT2D eigenvalue weighted by Gasteiger charge is -2.00. The highest BCUT2D eigenvalue weighted by molar-refractivity contribution is 5.82. The normalized spacial score (nSPS) is 12.4. The van der Waals surface area contributed by atoms with Crippen LogP contribution >= 0.6 is 0 Å². The number of unbranched alkanes of at least 4 members (excludes halogenated alkanes) is 1. The van der Waals surface area contributed by atoms with Gasteiger partial charge in [0.25, 0.3) is 0 Å². The molecule has 0 bridgehead atoms. The van der Waals surface area contributed by atoms with Crippen molar-refractivity contribution >= 4 is 23.6 Å². The van der Waals surface area contributed by atoms with Crippen LogP contribution in [-0.4, -0.2) is 9.97 Å². The number of halogens is 1. The maximum absolute atomic E-state index is 13.6. The van der Waals surface area contributed by atoms with E-state index in [1.54, 1.807) is 12.1 Å². The Hall–Kier alpha value is -2.29. The number of aryl methyl sites for hydroxylation is 1. The van der Waals surface area contributed by atoms with Gasteiger partial charge in [0.2, 0.25) is 0 Å². The summed E-state index contributed by atoms with van der Waals surface area (Å²) in [6.07, 6.45) is 5.56. The van der Waals surface area contributed by atoms with Gasteiger partial charge in [-0.1, -0.05) is 19.9 Å². The van der Waals surface area contributed by atoms with E-state index in [0.717, 1.165) is 33.6 Å². The average Bonchev–Trinajstić information content (AvgIpc) is 2.96. The molecular weight excluding hydrogens is 287 g/mol. The second-order valence-corrected chi connectivity index (χ2v) is 6.22. The van der Waals surface area contributed by atoms with Crippen LogP contribution in [0.15, 0.2) is 18.2 Å². The molecule has 3 aromatic rings. The Morgan fingerprint density at radius 1 is 1.22 bits per heavy atom. The SMILES string of the molecule is C=c1[nH]c2ccc(F)cc2/c1=C/c1[nH]c(C)c(CCCC)c1C. The molecule has 0 atom stereocenters. The summed E-state index contributed by atoms with van der Waals surface area (Å²) in [5, 5.41) is 2.63. The minimum Gasteiger partial charge on any atom is -0.359 e. The molecule has 3 rings (SSSR count). The molecular formula is C20H23FN2. The van der Waals surface area contributed by atoms with E-state index in [1.165, 1.54) is 35.7 Å². The maximum atomic E-state index is 13.6. The number of hydrogen-bond donors (Lipinski definition) is 2. The molecule has 23 heavy (non-hydrogen) atoms. The quantitative estimate of drug-likeness (QED) is 0.734. The van der Waals surface area contributed by atoms with Gasteiger partial charge in [-0.3, -0.25) is 0 Å². The van der Waals surface area contributed by atoms with Crippen molar-refractivity contribution in [2.24, 2.45) is 0 Å². The monoisotopic (exact) mass is 310 g/mol. The van der Waals surface area contributed by atoms with Gasteiger partial charge in [-0.15, -0.1) is 0 Å². The minimum atomic E-state index is -0.228. The van der Waals surface area contributed by atoms with E-state index in [2.05, 4.69) is 43.4 Å². The van der Waals surface area contributed by atoms with Crippen molar-refractivity contribution in [3.8, 4) is 0 Å². The standard InChI is InChI=1S/C20H23FN2/c1-5-6-7-16-12(2)20(23-13(16)3)11-17-14(4)22-19-9-8-15(21)10-18(17)19/h8-11,22-23H,4-7H2,1-3H3/b17-11+. The highest BCUT2D eigenvalue weighted by Crippen LogP contribution is 2.20. The zero-order valence-corrected chi connectivity index (χ0v) is 14.0. The molecule has 0 aliphatic rings. The number of H-pyrrole nitrogens is 2. The molecule has 3 heteroatoms. The second kappa shape index (κ2) is 6.07. The largest absolute Gasteiger partial charge is 0.359 e. The molecule has 0 aliphatic heterocycles. The molecule has 0 saturated heterocycles. The Morgan fingerprint density at radius 2 is 2.00 bits per heavy atom. The van der Waals surface area contributed by atoms with Crippen LogP contribution in [0, 0.1) is 19.7 Å². The van der Waals surface area contributed by atoms with Crippen LogP contribution in [0.1, 0.15) is 42.3 Å². The van der Waals surface area contributed by atoms with Gasteiger partial charge in [0.15, 0.2) is 0 Å². The minimum absolute atomic E-state index is 0.228. The molecule has 1 aromatic carbocycles. The number of rotatable bonds is 4. The predicted molar refractivity (Wildman–Crippen MR) is 95.5 cm³/mol. The maximum Gasteiger partial charge on any atom is 0.123 e. The van der Waals surface area contributed by atoms with Crippen molar-refractivity contribution in [1.82, 2.24) is 9.97 Å². The number of hydrogen-bond acceptors (Lipinski definition) is 0. The first-order valence-corrected chi connectivity index (χ1v) is 8.17. The second-order valence-electron chi connectivity index (χ2n) is 6.22. The third kappa shape index (κ3) is 2.83. The molecule has 0 unspecified atom stereocenters. The van der Waals surface area contributed by atoms with Crippen molar-refractivity contribution in [2.75, 3.05) is 0 Å². The van der Waals surface area contributed by atoms with Crippen LogP contribution in [0.25, 0.3) is 23.6 Å². The Labute approximate surface area is 135 Å². The van der Waals surface area contributed by atoms with Gasteiger partial charge < -0.3 is 9.97 Å². The fraction of sp³-hybridized carbons (Fsp3) is 0.300. The third-order valence-electron chi connectivity index (χ3n) is 4.58. The molecule has 0 saturated carbocycles. The fourth-order valence-corrected chi connectivity index (χ4v) is 3.24. The van der Waals surface area contributed by atoms with E-state index in [0.29, 0.717) is 0 Å². The summed E-state index contributed by atoms with van der Waals surface area (Å²) >= 11 is 0. The van der Waals surface area contributed by atoms with E-state index >= 15 is 0 Å². The Kier molecular flexibility index (Phi) is 4.12. The van der Waals surface area contributed by atoms with Crippen molar-refractivity contribution < 1.29 is 4.39 Å². The third-order valence-corrected chi connectivity index (χ3v) is 4.58. The number of aromatic nitrogens is 2. The van der Waals surface area contributed by atoms with Crippen molar-refractivity contribution in [2.45, 2.75) is 40.0 Å². The van der Waals surface area contributed by atoms with E-state index in [1.807, 2.05) is 0 Å². The van der Waals surface area contributed by atoms with Crippen molar-refractivity contribution in [3.05, 3.63) is 57.1 Å². The zero-order valence-electron chi connectivity index (χ0n) is 14.0. The van der Waals surface area contributed by atoms with E-state index < -0.39 is 0 Å². The highest BCUT2D eigenvalue weighted by Gasteiger charge is 2.10. The summed E-state index contributed by atoms with van der Waals surface area (Å²) in [7, 11) is 0. The molecule has 0 radical (unpaired) electrons. The summed E-state index contributed by atoms with van der Waals surface area (Å²) in [4.78, 5) is 6.70. The molecule has 0 aliphatic carbocycles. The molecule has 0 amide bonds. The Bertz CT molecular complexity index is 960. The van der Waals surface area contributed by atoms with Gasteiger partial charge in [0, 0.05) is 32.9 Å². The van der Waals surface area contributed by atoms with Crippen LogP contribution in [0.5, 0.6) is 0 Å². The number of fused-ring (bicyclic) bond motifs is 1. The summed E-state index contributed by atoms with van der Waals surface area (Å²) in [6.45, 7) is 10.5. The molecule has 0 fully saturated rings. The lowest BCUT2D eigenvalue weighted by atomic mass is 10.0. The topological polar surface area (TPSA) is 31.6 Å².